The topological polar surface area (TPSA) is 259 Å². The summed E-state index contributed by atoms with van der Waals surface area (Å²) in [4.78, 5) is 77.3. The smallest absolute Gasteiger partial charge is 0.250 e. The van der Waals surface area contributed by atoms with Crippen molar-refractivity contribution in [2.24, 2.45) is 11.5 Å². The molecule has 2 aromatic carbocycles. The number of nitrogens with two attached hydrogens (primary N) is 2. The first-order chi connectivity index (χ1) is 21.9. The number of Topliss-reactive ketones (excluding diaryl/α,β-unsaturated/α-hetero) is 2. The second-order valence-electron chi connectivity index (χ2n) is 9.73. The second-order valence-corrected chi connectivity index (χ2v) is 16.2. The monoisotopic (exact) mass is 1330 g/mol. The molecule has 2 atom stereocenters. The molecule has 0 aliphatic rings. The van der Waals surface area contributed by atoms with E-state index >= 15 is 0 Å². The van der Waals surface area contributed by atoms with Gasteiger partial charge in [-0.15, -0.1) is 0 Å². The molecule has 2 unspecified atom stereocenters. The molecule has 2 aromatic rings. The van der Waals surface area contributed by atoms with E-state index in [2.05, 4.69) is 10.6 Å². The van der Waals surface area contributed by atoms with Crippen LogP contribution in [0, 0.1) is 21.4 Å². The largest absolute Gasteiger partial charge is 0.394 e. The number of rotatable bonds is 16. The van der Waals surface area contributed by atoms with Crippen LogP contribution >= 0.6 is 136 Å². The minimum Gasteiger partial charge on any atom is -0.394 e. The van der Waals surface area contributed by atoms with E-state index in [4.69, 9.17) is 21.7 Å². The molecule has 0 aliphatic heterocycles. The first-order valence-corrected chi connectivity index (χ1v) is 19.6. The van der Waals surface area contributed by atoms with Crippen LogP contribution in [-0.2, 0) is 9.59 Å². The summed E-state index contributed by atoms with van der Waals surface area (Å²) in [5.74, 6) is -4.33. The Bertz CT molecular complexity index is 1520. The number of anilines is 2. The van der Waals surface area contributed by atoms with Crippen LogP contribution in [0.25, 0.3) is 0 Å². The van der Waals surface area contributed by atoms with E-state index in [0.717, 1.165) is 0 Å². The predicted octanol–water partition coefficient (Wildman–Crippen LogP) is 3.11. The third-order valence-corrected chi connectivity index (χ3v) is 12.8. The van der Waals surface area contributed by atoms with Crippen LogP contribution in [0.5, 0.6) is 0 Å². The van der Waals surface area contributed by atoms with E-state index in [-0.39, 0.29) is 80.7 Å². The van der Waals surface area contributed by atoms with E-state index in [1.54, 1.807) is 90.4 Å². The minimum absolute atomic E-state index is 0.0249. The van der Waals surface area contributed by atoms with E-state index in [1.807, 2.05) is 45.2 Å². The lowest BCUT2D eigenvalue weighted by Crippen LogP contribution is -2.27. The molecule has 0 bridgehead atoms. The molecule has 0 radical (unpaired) electrons. The van der Waals surface area contributed by atoms with Gasteiger partial charge in [0.05, 0.1) is 55.1 Å². The Morgan fingerprint density at radius 1 is 0.553 bits per heavy atom. The van der Waals surface area contributed by atoms with Crippen molar-refractivity contribution in [2.45, 2.75) is 44.3 Å². The summed E-state index contributed by atoms with van der Waals surface area (Å²) in [5, 5.41) is 42.7. The Morgan fingerprint density at radius 3 is 1.13 bits per heavy atom. The van der Waals surface area contributed by atoms with E-state index < -0.39 is 67.0 Å². The van der Waals surface area contributed by atoms with Gasteiger partial charge in [0.2, 0.25) is 11.8 Å². The van der Waals surface area contributed by atoms with Gasteiger partial charge in [-0.2, -0.15) is 0 Å². The number of carbonyl (C=O) groups excluding carboxylic acids is 6. The maximum atomic E-state index is 13.2. The van der Waals surface area contributed by atoms with Crippen molar-refractivity contribution >= 4 is 182 Å². The van der Waals surface area contributed by atoms with Gasteiger partial charge >= 0.3 is 0 Å². The lowest BCUT2D eigenvalue weighted by molar-refractivity contribution is -0.123. The maximum Gasteiger partial charge on any atom is 0.250 e. The molecule has 0 heterocycles. The average molecular weight is 1330 g/mol. The number of carbonyl (C=O) groups is 6. The van der Waals surface area contributed by atoms with Gasteiger partial charge in [0.1, 0.15) is 6.42 Å². The van der Waals surface area contributed by atoms with Crippen molar-refractivity contribution in [3.05, 3.63) is 43.7 Å². The Kier molecular flexibility index (Phi) is 17.8. The maximum absolute atomic E-state index is 13.2. The molecule has 2 rings (SSSR count). The first kappa shape index (κ1) is 43.0. The normalized spacial score (nSPS) is 12.3. The van der Waals surface area contributed by atoms with Crippen molar-refractivity contribution in [2.75, 3.05) is 23.8 Å². The van der Waals surface area contributed by atoms with Crippen LogP contribution in [0.4, 0.5) is 11.4 Å². The van der Waals surface area contributed by atoms with E-state index in [1.165, 1.54) is 0 Å². The fourth-order valence-electron chi connectivity index (χ4n) is 4.01. The molecule has 0 fully saturated rings. The molecule has 256 valence electrons. The predicted molar refractivity (Wildman–Crippen MR) is 221 cm³/mol. The number of aliphatic hydroxyl groups excluding tert-OH is 4. The van der Waals surface area contributed by atoms with Crippen molar-refractivity contribution in [1.82, 2.24) is 0 Å². The molecule has 4 amide bonds. The number of nitrogens with one attached hydrogen (secondary N) is 2. The molecule has 0 aromatic heterocycles. The highest BCUT2D eigenvalue weighted by Gasteiger charge is 2.30. The van der Waals surface area contributed by atoms with Gasteiger partial charge in [0, 0.05) is 38.2 Å². The number of amides is 4. The zero-order chi connectivity index (χ0) is 35.9. The Balaban J connectivity index is 2.46. The van der Waals surface area contributed by atoms with Gasteiger partial charge in [0.25, 0.3) is 11.8 Å². The van der Waals surface area contributed by atoms with Gasteiger partial charge in [-0.25, -0.2) is 0 Å². The highest BCUT2D eigenvalue weighted by Crippen LogP contribution is 2.38. The van der Waals surface area contributed by atoms with Crippen molar-refractivity contribution < 1.29 is 49.2 Å². The molecule has 0 saturated carbocycles. The highest BCUT2D eigenvalue weighted by atomic mass is 127. The summed E-state index contributed by atoms with van der Waals surface area (Å²) in [6.07, 6.45) is -3.45. The molecular weight excluding hydrogens is 1300 g/mol. The van der Waals surface area contributed by atoms with Crippen LogP contribution in [-0.4, -0.2) is 81.0 Å². The number of benzene rings is 2. The molecule has 0 spiro atoms. The van der Waals surface area contributed by atoms with Crippen LogP contribution in [0.2, 0.25) is 0 Å². The Hall–Kier alpha value is -0.120. The number of aliphatic hydroxyl groups is 4. The van der Waals surface area contributed by atoms with Crippen LogP contribution in [0.15, 0.2) is 0 Å². The summed E-state index contributed by atoms with van der Waals surface area (Å²) in [5.41, 5.74) is 11.4. The van der Waals surface area contributed by atoms with Crippen LogP contribution < -0.4 is 22.1 Å². The van der Waals surface area contributed by atoms with Crippen molar-refractivity contribution in [3.63, 3.8) is 0 Å². The van der Waals surface area contributed by atoms with E-state index in [0.29, 0.717) is 0 Å². The molecule has 20 heteroatoms. The number of halogens is 6. The third kappa shape index (κ3) is 10.9. The number of ketones is 2. The SMILES string of the molecule is NC(=O)c1c(I)c(NC(=O)CC(=O)Nc2c(I)c(C(N)=O)c(I)c(C(=O)CCC(O)CO)c2I)c(I)c(C(=O)CCC(O)CO)c1I. The summed E-state index contributed by atoms with van der Waals surface area (Å²) in [6, 6.07) is 0. The molecular formula is C27H26I6N4O10. The minimum atomic E-state index is -1.13. The van der Waals surface area contributed by atoms with Crippen LogP contribution in [0.3, 0.4) is 0 Å². The molecule has 0 saturated heterocycles. The van der Waals surface area contributed by atoms with Gasteiger partial charge in [-0.3, -0.25) is 28.8 Å². The zero-order valence-electron chi connectivity index (χ0n) is 23.8. The summed E-state index contributed by atoms with van der Waals surface area (Å²) >= 11 is 10.9. The highest BCUT2D eigenvalue weighted by molar-refractivity contribution is 14.1. The summed E-state index contributed by atoms with van der Waals surface area (Å²) in [7, 11) is 0. The average Bonchev–Trinajstić information content (AvgIpc) is 2.98. The van der Waals surface area contributed by atoms with Crippen LogP contribution in [0.1, 0.15) is 73.5 Å². The molecule has 0 aliphatic carbocycles. The Labute approximate surface area is 349 Å². The molecule has 47 heavy (non-hydrogen) atoms. The quantitative estimate of drug-likeness (QED) is 0.0692. The van der Waals surface area contributed by atoms with Crippen molar-refractivity contribution in [3.8, 4) is 0 Å². The zero-order valence-corrected chi connectivity index (χ0v) is 36.7. The van der Waals surface area contributed by atoms with Gasteiger partial charge in [-0.05, 0) is 148 Å². The van der Waals surface area contributed by atoms with E-state index in [9.17, 15) is 39.0 Å². The lowest BCUT2D eigenvalue weighted by Gasteiger charge is -2.19. The summed E-state index contributed by atoms with van der Waals surface area (Å²) in [6.45, 7) is -1.08. The first-order valence-electron chi connectivity index (χ1n) is 13.1. The molecule has 10 N–H and O–H groups in total. The number of hydrogen-bond acceptors (Lipinski definition) is 10. The van der Waals surface area contributed by atoms with Crippen molar-refractivity contribution in [1.29, 1.82) is 0 Å². The molecule has 14 nitrogen and oxygen atoms in total. The standard InChI is InChI=1S/C27H26I6N4O10/c28-18-14(10(42)3-1-8(40)6-38)20(30)24(22(32)16(18)26(34)46)36-12(44)5-13(45)37-25-21(31)15(11(43)4-2-9(41)7-39)19(29)17(23(25)33)27(35)47/h8-9,38-41H,1-7H2,(H2,34,46)(H2,35,47)(H,36,44)(H,37,45). The number of hydrogen-bond donors (Lipinski definition) is 8. The van der Waals surface area contributed by atoms with Gasteiger partial charge in [0.15, 0.2) is 11.6 Å². The summed E-state index contributed by atoms with van der Waals surface area (Å²) < 4.78 is 1.47. The lowest BCUT2D eigenvalue weighted by atomic mass is 10.0. The number of primary amides is 2. The fraction of sp³-hybridized carbons (Fsp3) is 0.333. The van der Waals surface area contributed by atoms with Gasteiger partial charge in [-0.1, -0.05) is 0 Å². The Morgan fingerprint density at radius 2 is 0.851 bits per heavy atom. The fourth-order valence-corrected chi connectivity index (χ4v) is 13.1. The van der Waals surface area contributed by atoms with Gasteiger partial charge < -0.3 is 42.5 Å². The second kappa shape index (κ2) is 19.5. The third-order valence-electron chi connectivity index (χ3n) is 6.37.